The molecule has 3 aromatic rings. The highest BCUT2D eigenvalue weighted by Crippen LogP contribution is 2.33. The predicted octanol–water partition coefficient (Wildman–Crippen LogP) is 4.03. The van der Waals surface area contributed by atoms with Gasteiger partial charge in [0.2, 0.25) is 5.91 Å². The maximum absolute atomic E-state index is 12.8. The number of aryl methyl sites for hydroxylation is 1. The van der Waals surface area contributed by atoms with Gasteiger partial charge in [-0.2, -0.15) is 4.98 Å². The van der Waals surface area contributed by atoms with Gasteiger partial charge >= 0.3 is 0 Å². The van der Waals surface area contributed by atoms with Crippen LogP contribution in [0.3, 0.4) is 0 Å². The van der Waals surface area contributed by atoms with Gasteiger partial charge in [-0.3, -0.25) is 9.78 Å². The highest BCUT2D eigenvalue weighted by atomic mass is 16.5. The van der Waals surface area contributed by atoms with Gasteiger partial charge < -0.3 is 9.42 Å². The summed E-state index contributed by atoms with van der Waals surface area (Å²) in [5.74, 6) is 1.38. The summed E-state index contributed by atoms with van der Waals surface area (Å²) >= 11 is 0. The molecule has 2 aromatic heterocycles. The third kappa shape index (κ3) is 4.53. The van der Waals surface area contributed by atoms with Crippen LogP contribution in [-0.4, -0.2) is 39.0 Å². The molecule has 1 aromatic carbocycles. The van der Waals surface area contributed by atoms with Crippen molar-refractivity contribution >= 4 is 5.91 Å². The van der Waals surface area contributed by atoms with Crippen molar-refractivity contribution in [1.82, 2.24) is 20.0 Å². The maximum atomic E-state index is 12.8. The van der Waals surface area contributed by atoms with Crippen LogP contribution in [0.1, 0.15) is 44.0 Å². The Morgan fingerprint density at radius 2 is 1.97 bits per heavy atom. The highest BCUT2D eigenvalue weighted by molar-refractivity contribution is 5.76. The molecule has 0 aliphatic carbocycles. The van der Waals surface area contributed by atoms with Crippen molar-refractivity contribution < 1.29 is 9.32 Å². The number of carbonyl (C=O) groups excluding carboxylic acids is 1. The van der Waals surface area contributed by atoms with Crippen molar-refractivity contribution in [2.75, 3.05) is 13.1 Å². The summed E-state index contributed by atoms with van der Waals surface area (Å²) in [5.41, 5.74) is 1.84. The molecule has 0 bridgehead atoms. The van der Waals surface area contributed by atoms with Crippen LogP contribution in [0.2, 0.25) is 0 Å². The first-order valence-electron chi connectivity index (χ1n) is 10.2. The van der Waals surface area contributed by atoms with E-state index in [2.05, 4.69) is 34.2 Å². The molecular weight excluding hydrogens is 364 g/mol. The molecule has 29 heavy (non-hydrogen) atoms. The molecule has 6 heteroatoms. The van der Waals surface area contributed by atoms with Gasteiger partial charge in [0, 0.05) is 42.9 Å². The number of rotatable bonds is 6. The number of nitrogens with zero attached hydrogens (tertiary/aromatic N) is 4. The standard InChI is InChI=1S/C23H26N4O2/c1-23(22-25-21(29-26-22)19-11-14-24-15-12-19)13-6-16-27(17-23)20(28)10-5-9-18-7-3-2-4-8-18/h2-4,7-8,11-12,14-15H,5-6,9-10,13,16-17H2,1H3. The van der Waals surface area contributed by atoms with E-state index in [-0.39, 0.29) is 11.3 Å². The van der Waals surface area contributed by atoms with Gasteiger partial charge in [0.1, 0.15) is 0 Å². The topological polar surface area (TPSA) is 72.1 Å². The molecule has 3 heterocycles. The zero-order valence-electron chi connectivity index (χ0n) is 16.8. The first-order chi connectivity index (χ1) is 14.1. The SMILES string of the molecule is CC1(c2noc(-c3ccncc3)n2)CCCN(C(=O)CCCc2ccccc2)C1. The average molecular weight is 390 g/mol. The minimum Gasteiger partial charge on any atom is -0.342 e. The van der Waals surface area contributed by atoms with E-state index in [0.717, 1.165) is 37.8 Å². The highest BCUT2D eigenvalue weighted by Gasteiger charge is 2.38. The van der Waals surface area contributed by atoms with Crippen LogP contribution in [0.4, 0.5) is 0 Å². The number of pyridine rings is 1. The molecule has 1 unspecified atom stereocenters. The summed E-state index contributed by atoms with van der Waals surface area (Å²) in [6.07, 6.45) is 7.66. The van der Waals surface area contributed by atoms with Gasteiger partial charge in [-0.05, 0) is 43.4 Å². The number of piperidine rings is 1. The number of carbonyl (C=O) groups is 1. The van der Waals surface area contributed by atoms with Crippen LogP contribution < -0.4 is 0 Å². The Bertz CT molecular complexity index is 942. The zero-order chi connectivity index (χ0) is 20.1. The summed E-state index contributed by atoms with van der Waals surface area (Å²) in [5, 5.41) is 4.24. The van der Waals surface area contributed by atoms with Crippen LogP contribution >= 0.6 is 0 Å². The minimum atomic E-state index is -0.290. The van der Waals surface area contributed by atoms with Gasteiger partial charge in [0.15, 0.2) is 5.82 Å². The molecule has 1 fully saturated rings. The Labute approximate surface area is 171 Å². The molecule has 0 saturated carbocycles. The van der Waals surface area contributed by atoms with Crippen molar-refractivity contribution in [3.63, 3.8) is 0 Å². The van der Waals surface area contributed by atoms with Gasteiger partial charge in [0.25, 0.3) is 5.89 Å². The van der Waals surface area contributed by atoms with E-state index in [4.69, 9.17) is 4.52 Å². The zero-order valence-corrected chi connectivity index (χ0v) is 16.8. The fraction of sp³-hybridized carbons (Fsp3) is 0.391. The van der Waals surface area contributed by atoms with Crippen LogP contribution in [-0.2, 0) is 16.6 Å². The minimum absolute atomic E-state index is 0.213. The number of amides is 1. The van der Waals surface area contributed by atoms with Crippen molar-refractivity contribution in [3.05, 3.63) is 66.2 Å². The Morgan fingerprint density at radius 3 is 2.76 bits per heavy atom. The Kier molecular flexibility index (Phi) is 5.69. The summed E-state index contributed by atoms with van der Waals surface area (Å²) in [4.78, 5) is 23.4. The largest absolute Gasteiger partial charge is 0.342 e. The lowest BCUT2D eigenvalue weighted by Gasteiger charge is -2.38. The average Bonchev–Trinajstić information content (AvgIpc) is 3.26. The lowest BCUT2D eigenvalue weighted by Crippen LogP contribution is -2.47. The fourth-order valence-corrected chi connectivity index (χ4v) is 3.96. The van der Waals surface area contributed by atoms with E-state index in [0.29, 0.717) is 24.7 Å². The van der Waals surface area contributed by atoms with Gasteiger partial charge in [-0.25, -0.2) is 0 Å². The lowest BCUT2D eigenvalue weighted by atomic mass is 9.81. The van der Waals surface area contributed by atoms with Crippen molar-refractivity contribution in [1.29, 1.82) is 0 Å². The molecule has 1 aliphatic heterocycles. The number of hydrogen-bond donors (Lipinski definition) is 0. The molecule has 0 spiro atoms. The third-order valence-electron chi connectivity index (χ3n) is 5.64. The molecule has 0 radical (unpaired) electrons. The molecule has 150 valence electrons. The first-order valence-corrected chi connectivity index (χ1v) is 10.2. The molecule has 1 aliphatic rings. The normalized spacial score (nSPS) is 19.3. The summed E-state index contributed by atoms with van der Waals surface area (Å²) in [6.45, 7) is 3.55. The number of hydrogen-bond acceptors (Lipinski definition) is 5. The van der Waals surface area contributed by atoms with Crippen molar-refractivity contribution in [3.8, 4) is 11.5 Å². The fourth-order valence-electron chi connectivity index (χ4n) is 3.96. The number of aromatic nitrogens is 3. The van der Waals surface area contributed by atoms with E-state index >= 15 is 0 Å². The van der Waals surface area contributed by atoms with Crippen LogP contribution in [0.5, 0.6) is 0 Å². The van der Waals surface area contributed by atoms with Crippen LogP contribution in [0.15, 0.2) is 59.4 Å². The van der Waals surface area contributed by atoms with Crippen LogP contribution in [0, 0.1) is 0 Å². The van der Waals surface area contributed by atoms with E-state index in [1.807, 2.05) is 35.2 Å². The quantitative estimate of drug-likeness (QED) is 0.635. The molecule has 0 N–H and O–H groups in total. The van der Waals surface area contributed by atoms with Gasteiger partial charge in [-0.15, -0.1) is 0 Å². The Balaban J connectivity index is 1.38. The second-order valence-electron chi connectivity index (χ2n) is 7.98. The molecule has 1 amide bonds. The maximum Gasteiger partial charge on any atom is 0.258 e. The Morgan fingerprint density at radius 1 is 1.17 bits per heavy atom. The monoisotopic (exact) mass is 390 g/mol. The lowest BCUT2D eigenvalue weighted by molar-refractivity contribution is -0.133. The predicted molar refractivity (Wildman–Crippen MR) is 110 cm³/mol. The number of benzene rings is 1. The number of likely N-dealkylation sites (tertiary alicyclic amines) is 1. The summed E-state index contributed by atoms with van der Waals surface area (Å²) < 4.78 is 5.49. The van der Waals surface area contributed by atoms with Gasteiger partial charge in [-0.1, -0.05) is 42.4 Å². The van der Waals surface area contributed by atoms with Crippen molar-refractivity contribution in [2.45, 2.75) is 44.4 Å². The molecule has 1 atom stereocenters. The Hall–Kier alpha value is -3.02. The van der Waals surface area contributed by atoms with E-state index < -0.39 is 0 Å². The third-order valence-corrected chi connectivity index (χ3v) is 5.64. The van der Waals surface area contributed by atoms with E-state index in [1.54, 1.807) is 12.4 Å². The van der Waals surface area contributed by atoms with Crippen molar-refractivity contribution in [2.24, 2.45) is 0 Å². The molecule has 6 nitrogen and oxygen atoms in total. The smallest absolute Gasteiger partial charge is 0.258 e. The summed E-state index contributed by atoms with van der Waals surface area (Å²) in [7, 11) is 0. The first kappa shape index (κ1) is 19.3. The second-order valence-corrected chi connectivity index (χ2v) is 7.98. The second kappa shape index (κ2) is 8.55. The summed E-state index contributed by atoms with van der Waals surface area (Å²) in [6, 6.07) is 14.0. The molecule has 4 rings (SSSR count). The van der Waals surface area contributed by atoms with Crippen LogP contribution in [0.25, 0.3) is 11.5 Å². The van der Waals surface area contributed by atoms with E-state index in [9.17, 15) is 4.79 Å². The molecule has 1 saturated heterocycles. The van der Waals surface area contributed by atoms with E-state index in [1.165, 1.54) is 5.56 Å². The molecular formula is C23H26N4O2. The van der Waals surface area contributed by atoms with Gasteiger partial charge in [0.05, 0.1) is 0 Å².